The van der Waals surface area contributed by atoms with Gasteiger partial charge >= 0.3 is 6.03 Å². The first-order valence-corrected chi connectivity index (χ1v) is 12.2. The molecule has 3 aromatic rings. The highest BCUT2D eigenvalue weighted by atomic mass is 32.1. The maximum atomic E-state index is 13.7. The Hall–Kier alpha value is -3.98. The molecule has 8 nitrogen and oxygen atoms in total. The molecule has 2 N–H and O–H groups in total. The van der Waals surface area contributed by atoms with Crippen LogP contribution in [0.4, 0.5) is 4.79 Å². The van der Waals surface area contributed by atoms with Crippen LogP contribution in [0.5, 0.6) is 0 Å². The highest BCUT2D eigenvalue weighted by Crippen LogP contribution is 2.35. The van der Waals surface area contributed by atoms with Crippen molar-refractivity contribution < 1.29 is 19.2 Å². The maximum Gasteiger partial charge on any atom is 0.326 e. The molecule has 2 heterocycles. The highest BCUT2D eigenvalue weighted by molar-refractivity contribution is 7.09. The van der Waals surface area contributed by atoms with Gasteiger partial charge in [-0.3, -0.25) is 19.3 Å². The van der Waals surface area contributed by atoms with Gasteiger partial charge in [0, 0.05) is 11.4 Å². The summed E-state index contributed by atoms with van der Waals surface area (Å²) in [5.74, 6) is -1.33. The lowest BCUT2D eigenvalue weighted by Gasteiger charge is -2.28. The molecule has 0 radical (unpaired) electrons. The Kier molecular flexibility index (Phi) is 7.26. The number of amides is 5. The van der Waals surface area contributed by atoms with Crippen LogP contribution in [0.2, 0.25) is 0 Å². The molecule has 0 bridgehead atoms. The van der Waals surface area contributed by atoms with E-state index in [1.165, 1.54) is 16.2 Å². The fourth-order valence-corrected chi connectivity index (χ4v) is 4.74. The Morgan fingerprint density at radius 1 is 0.971 bits per heavy atom. The van der Waals surface area contributed by atoms with Crippen molar-refractivity contribution in [1.29, 1.82) is 0 Å². The minimum absolute atomic E-state index is 0.160. The predicted octanol–water partition coefficient (Wildman–Crippen LogP) is 2.71. The Balaban J connectivity index is 1.50. The van der Waals surface area contributed by atoms with Gasteiger partial charge in [-0.25, -0.2) is 4.79 Å². The summed E-state index contributed by atoms with van der Waals surface area (Å²) in [5.41, 5.74) is -0.241. The van der Waals surface area contributed by atoms with Crippen molar-refractivity contribution in [3.63, 3.8) is 0 Å². The standard InChI is InChI=1S/C26H26N4O4S/c1-2-29(17-22(31)27-16-21-14-9-15-35-21)23(32)18-30-24(33)26(28-25(30)34,19-10-5-3-6-11-19)20-12-7-4-8-13-20/h3-15H,2,16-18H2,1H3,(H,27,31)(H,28,34). The lowest BCUT2D eigenvalue weighted by molar-refractivity contribution is -0.140. The molecule has 0 atom stereocenters. The lowest BCUT2D eigenvalue weighted by atomic mass is 9.82. The molecule has 0 spiro atoms. The summed E-state index contributed by atoms with van der Waals surface area (Å²) < 4.78 is 0. The van der Waals surface area contributed by atoms with Gasteiger partial charge in [-0.15, -0.1) is 11.3 Å². The summed E-state index contributed by atoms with van der Waals surface area (Å²) in [4.78, 5) is 55.4. The number of carbonyl (C=O) groups excluding carboxylic acids is 4. The van der Waals surface area contributed by atoms with E-state index in [2.05, 4.69) is 10.6 Å². The van der Waals surface area contributed by atoms with Crippen LogP contribution in [0, 0.1) is 0 Å². The van der Waals surface area contributed by atoms with E-state index in [1.807, 2.05) is 29.6 Å². The second kappa shape index (κ2) is 10.5. The van der Waals surface area contributed by atoms with Crippen LogP contribution < -0.4 is 10.6 Å². The normalized spacial score (nSPS) is 14.5. The molecule has 9 heteroatoms. The van der Waals surface area contributed by atoms with Crippen molar-refractivity contribution in [2.24, 2.45) is 0 Å². The second-order valence-corrected chi connectivity index (χ2v) is 9.10. The summed E-state index contributed by atoms with van der Waals surface area (Å²) >= 11 is 1.53. The zero-order valence-corrected chi connectivity index (χ0v) is 20.1. The van der Waals surface area contributed by atoms with Gasteiger partial charge in [-0.1, -0.05) is 66.7 Å². The van der Waals surface area contributed by atoms with E-state index >= 15 is 0 Å². The van der Waals surface area contributed by atoms with Gasteiger partial charge in [-0.05, 0) is 29.5 Å². The third kappa shape index (κ3) is 4.95. The zero-order valence-electron chi connectivity index (χ0n) is 19.3. The maximum absolute atomic E-state index is 13.7. The molecule has 1 aliphatic heterocycles. The van der Waals surface area contributed by atoms with Crippen LogP contribution in [0.25, 0.3) is 0 Å². The molecule has 0 unspecified atom stereocenters. The number of rotatable bonds is 9. The van der Waals surface area contributed by atoms with Gasteiger partial charge < -0.3 is 15.5 Å². The largest absolute Gasteiger partial charge is 0.350 e. The van der Waals surface area contributed by atoms with E-state index in [0.29, 0.717) is 17.7 Å². The Labute approximate surface area is 207 Å². The Morgan fingerprint density at radius 3 is 2.14 bits per heavy atom. The summed E-state index contributed by atoms with van der Waals surface area (Å²) in [6, 6.07) is 21.1. The molecular formula is C26H26N4O4S. The number of thiophene rings is 1. The molecule has 35 heavy (non-hydrogen) atoms. The number of benzene rings is 2. The fourth-order valence-electron chi connectivity index (χ4n) is 4.09. The van der Waals surface area contributed by atoms with E-state index in [-0.39, 0.29) is 19.0 Å². The van der Waals surface area contributed by atoms with Crippen LogP contribution in [0.3, 0.4) is 0 Å². The van der Waals surface area contributed by atoms with Gasteiger partial charge in [0.05, 0.1) is 13.1 Å². The average molecular weight is 491 g/mol. The topological polar surface area (TPSA) is 98.8 Å². The minimum atomic E-state index is -1.44. The quantitative estimate of drug-likeness (QED) is 0.451. The molecular weight excluding hydrogens is 464 g/mol. The summed E-state index contributed by atoms with van der Waals surface area (Å²) in [6.07, 6.45) is 0. The van der Waals surface area contributed by atoms with Gasteiger partial charge in [0.2, 0.25) is 11.8 Å². The first-order valence-electron chi connectivity index (χ1n) is 11.3. The van der Waals surface area contributed by atoms with E-state index in [4.69, 9.17) is 0 Å². The van der Waals surface area contributed by atoms with Crippen molar-refractivity contribution in [1.82, 2.24) is 20.4 Å². The molecule has 1 fully saturated rings. The number of imide groups is 1. The third-order valence-electron chi connectivity index (χ3n) is 5.92. The molecule has 4 rings (SSSR count). The second-order valence-electron chi connectivity index (χ2n) is 8.07. The van der Waals surface area contributed by atoms with Crippen LogP contribution in [0.15, 0.2) is 78.2 Å². The van der Waals surface area contributed by atoms with Gasteiger partial charge in [0.1, 0.15) is 6.54 Å². The third-order valence-corrected chi connectivity index (χ3v) is 6.80. The van der Waals surface area contributed by atoms with E-state index in [1.54, 1.807) is 55.5 Å². The van der Waals surface area contributed by atoms with Crippen LogP contribution in [-0.2, 0) is 26.5 Å². The minimum Gasteiger partial charge on any atom is -0.350 e. The Morgan fingerprint density at radius 2 is 1.60 bits per heavy atom. The molecule has 2 aromatic carbocycles. The smallest absolute Gasteiger partial charge is 0.326 e. The van der Waals surface area contributed by atoms with Crippen LogP contribution in [-0.4, -0.2) is 53.2 Å². The summed E-state index contributed by atoms with van der Waals surface area (Å²) in [5, 5.41) is 7.54. The highest BCUT2D eigenvalue weighted by Gasteiger charge is 2.54. The number of urea groups is 1. The number of nitrogens with zero attached hydrogens (tertiary/aromatic N) is 2. The molecule has 5 amide bonds. The molecule has 180 valence electrons. The van der Waals surface area contributed by atoms with E-state index < -0.39 is 29.9 Å². The molecule has 1 saturated heterocycles. The number of hydrogen-bond acceptors (Lipinski definition) is 5. The first-order chi connectivity index (χ1) is 17.0. The predicted molar refractivity (Wildman–Crippen MR) is 132 cm³/mol. The SMILES string of the molecule is CCN(CC(=O)NCc1cccs1)C(=O)CN1C(=O)NC(c2ccccc2)(c2ccccc2)C1=O. The van der Waals surface area contributed by atoms with Gasteiger partial charge in [-0.2, -0.15) is 0 Å². The molecule has 1 aliphatic rings. The number of likely N-dealkylation sites (N-methyl/N-ethyl adjacent to an activating group) is 1. The van der Waals surface area contributed by atoms with Gasteiger partial charge in [0.25, 0.3) is 5.91 Å². The van der Waals surface area contributed by atoms with Crippen LogP contribution >= 0.6 is 11.3 Å². The molecule has 0 aliphatic carbocycles. The van der Waals surface area contributed by atoms with E-state index in [0.717, 1.165) is 9.78 Å². The number of hydrogen-bond donors (Lipinski definition) is 2. The Bertz CT molecular complexity index is 1160. The van der Waals surface area contributed by atoms with Crippen molar-refractivity contribution in [2.45, 2.75) is 19.0 Å². The van der Waals surface area contributed by atoms with Crippen LogP contribution in [0.1, 0.15) is 22.9 Å². The molecule has 1 aromatic heterocycles. The molecule has 0 saturated carbocycles. The van der Waals surface area contributed by atoms with Crippen molar-refractivity contribution in [3.05, 3.63) is 94.2 Å². The van der Waals surface area contributed by atoms with Crippen molar-refractivity contribution in [2.75, 3.05) is 19.6 Å². The average Bonchev–Trinajstić information content (AvgIpc) is 3.50. The number of nitrogens with one attached hydrogen (secondary N) is 2. The fraction of sp³-hybridized carbons (Fsp3) is 0.231. The lowest BCUT2D eigenvalue weighted by Crippen LogP contribution is -2.48. The summed E-state index contributed by atoms with van der Waals surface area (Å²) in [6.45, 7) is 1.77. The number of carbonyl (C=O) groups is 4. The van der Waals surface area contributed by atoms with Crippen molar-refractivity contribution in [3.8, 4) is 0 Å². The zero-order chi connectivity index (χ0) is 24.8. The first kappa shape index (κ1) is 24.2. The van der Waals surface area contributed by atoms with E-state index in [9.17, 15) is 19.2 Å². The van der Waals surface area contributed by atoms with Gasteiger partial charge in [0.15, 0.2) is 5.54 Å². The summed E-state index contributed by atoms with van der Waals surface area (Å²) in [7, 11) is 0. The van der Waals surface area contributed by atoms with Crippen molar-refractivity contribution >= 4 is 35.1 Å². The monoisotopic (exact) mass is 490 g/mol.